The van der Waals surface area contributed by atoms with E-state index in [1.54, 1.807) is 6.20 Å². The van der Waals surface area contributed by atoms with Crippen molar-refractivity contribution in [2.24, 2.45) is 0 Å². The van der Waals surface area contributed by atoms with Crippen LogP contribution in [-0.2, 0) is 0 Å². The minimum absolute atomic E-state index is 0.271. The van der Waals surface area contributed by atoms with Crippen LogP contribution in [0.3, 0.4) is 0 Å². The maximum Gasteiger partial charge on any atom is 0.221 e. The highest BCUT2D eigenvalue weighted by atomic mass is 79.9. The Balaban J connectivity index is 2.01. The topological polar surface area (TPSA) is 63.8 Å². The van der Waals surface area contributed by atoms with E-state index in [0.29, 0.717) is 5.92 Å². The Labute approximate surface area is 115 Å². The first-order valence-corrected chi connectivity index (χ1v) is 6.53. The van der Waals surface area contributed by atoms with E-state index >= 15 is 0 Å². The molecule has 0 amide bonds. The number of nitrogen functional groups attached to an aromatic ring is 1. The molecule has 4 nitrogen and oxygen atoms in total. The zero-order valence-corrected chi connectivity index (χ0v) is 11.7. The SMILES string of the molecule is CC(CNc1nc(N)ncc1Br)c1ccccc1. The monoisotopic (exact) mass is 306 g/mol. The Bertz CT molecular complexity index is 516. The van der Waals surface area contributed by atoms with Crippen molar-refractivity contribution < 1.29 is 0 Å². The molecule has 0 radical (unpaired) electrons. The van der Waals surface area contributed by atoms with Gasteiger partial charge in [-0.15, -0.1) is 0 Å². The van der Waals surface area contributed by atoms with Gasteiger partial charge in [-0.1, -0.05) is 37.3 Å². The van der Waals surface area contributed by atoms with Crippen molar-refractivity contribution >= 4 is 27.7 Å². The van der Waals surface area contributed by atoms with Gasteiger partial charge < -0.3 is 11.1 Å². The van der Waals surface area contributed by atoms with Crippen LogP contribution in [0.15, 0.2) is 41.0 Å². The number of nitrogens with zero attached hydrogens (tertiary/aromatic N) is 2. The molecule has 0 saturated heterocycles. The van der Waals surface area contributed by atoms with Gasteiger partial charge in [0.1, 0.15) is 5.82 Å². The lowest BCUT2D eigenvalue weighted by Crippen LogP contribution is -2.12. The summed E-state index contributed by atoms with van der Waals surface area (Å²) in [6.07, 6.45) is 1.65. The summed E-state index contributed by atoms with van der Waals surface area (Å²) in [7, 11) is 0. The van der Waals surface area contributed by atoms with Crippen LogP contribution in [0.4, 0.5) is 11.8 Å². The van der Waals surface area contributed by atoms with Crippen molar-refractivity contribution in [1.29, 1.82) is 0 Å². The molecule has 0 aliphatic heterocycles. The number of nitrogens with one attached hydrogen (secondary N) is 1. The van der Waals surface area contributed by atoms with Crippen molar-refractivity contribution in [2.75, 3.05) is 17.6 Å². The summed E-state index contributed by atoms with van der Waals surface area (Å²) in [5, 5.41) is 3.27. The van der Waals surface area contributed by atoms with Gasteiger partial charge in [0, 0.05) is 12.7 Å². The minimum atomic E-state index is 0.271. The summed E-state index contributed by atoms with van der Waals surface area (Å²) in [4.78, 5) is 8.05. The quantitative estimate of drug-likeness (QED) is 0.911. The summed E-state index contributed by atoms with van der Waals surface area (Å²) in [6, 6.07) is 10.4. The first-order valence-electron chi connectivity index (χ1n) is 5.73. The van der Waals surface area contributed by atoms with Gasteiger partial charge in [0.2, 0.25) is 5.95 Å². The Hall–Kier alpha value is -1.62. The number of rotatable bonds is 4. The van der Waals surface area contributed by atoms with E-state index in [2.05, 4.69) is 50.3 Å². The Kier molecular flexibility index (Phi) is 4.15. The third-order valence-electron chi connectivity index (χ3n) is 2.71. The molecule has 0 saturated carbocycles. The fourth-order valence-electron chi connectivity index (χ4n) is 1.65. The van der Waals surface area contributed by atoms with E-state index in [4.69, 9.17) is 5.73 Å². The van der Waals surface area contributed by atoms with E-state index < -0.39 is 0 Å². The van der Waals surface area contributed by atoms with Crippen molar-refractivity contribution in [1.82, 2.24) is 9.97 Å². The highest BCUT2D eigenvalue weighted by molar-refractivity contribution is 9.10. The highest BCUT2D eigenvalue weighted by Gasteiger charge is 2.07. The van der Waals surface area contributed by atoms with Gasteiger partial charge in [0.05, 0.1) is 4.47 Å². The van der Waals surface area contributed by atoms with Crippen LogP contribution in [0.1, 0.15) is 18.4 Å². The first kappa shape index (κ1) is 12.8. The molecule has 94 valence electrons. The van der Waals surface area contributed by atoms with Gasteiger partial charge in [-0.25, -0.2) is 4.98 Å². The number of hydrogen-bond acceptors (Lipinski definition) is 4. The minimum Gasteiger partial charge on any atom is -0.368 e. The van der Waals surface area contributed by atoms with Crippen LogP contribution in [0.25, 0.3) is 0 Å². The van der Waals surface area contributed by atoms with Gasteiger partial charge in [-0.2, -0.15) is 4.98 Å². The molecule has 5 heteroatoms. The fourth-order valence-corrected chi connectivity index (χ4v) is 1.99. The van der Waals surface area contributed by atoms with Gasteiger partial charge in [0.25, 0.3) is 0 Å². The van der Waals surface area contributed by atoms with Gasteiger partial charge >= 0.3 is 0 Å². The largest absolute Gasteiger partial charge is 0.368 e. The van der Waals surface area contributed by atoms with Gasteiger partial charge in [-0.05, 0) is 27.4 Å². The average Bonchev–Trinajstić information content (AvgIpc) is 2.40. The summed E-state index contributed by atoms with van der Waals surface area (Å²) in [5.41, 5.74) is 6.86. The van der Waals surface area contributed by atoms with Crippen LogP contribution in [0, 0.1) is 0 Å². The molecule has 18 heavy (non-hydrogen) atoms. The van der Waals surface area contributed by atoms with E-state index in [1.165, 1.54) is 5.56 Å². The maximum absolute atomic E-state index is 5.56. The average molecular weight is 307 g/mol. The second-order valence-corrected chi connectivity index (χ2v) is 4.97. The number of hydrogen-bond donors (Lipinski definition) is 2. The molecule has 0 aliphatic rings. The van der Waals surface area contributed by atoms with Crippen LogP contribution in [0.5, 0.6) is 0 Å². The molecule has 1 aromatic carbocycles. The summed E-state index contributed by atoms with van der Waals surface area (Å²) in [6.45, 7) is 2.96. The summed E-state index contributed by atoms with van der Waals surface area (Å²) in [5.74, 6) is 1.40. The van der Waals surface area contributed by atoms with Crippen molar-refractivity contribution in [3.8, 4) is 0 Å². The number of nitrogens with two attached hydrogens (primary N) is 1. The van der Waals surface area contributed by atoms with Gasteiger partial charge in [-0.3, -0.25) is 0 Å². The number of aromatic nitrogens is 2. The Morgan fingerprint density at radius 2 is 2.06 bits per heavy atom. The first-order chi connectivity index (χ1) is 8.66. The molecule has 0 bridgehead atoms. The van der Waals surface area contributed by atoms with Crippen molar-refractivity contribution in [2.45, 2.75) is 12.8 Å². The zero-order valence-electron chi connectivity index (χ0n) is 10.1. The molecular weight excluding hydrogens is 292 g/mol. The van der Waals surface area contributed by atoms with Crippen LogP contribution < -0.4 is 11.1 Å². The fraction of sp³-hybridized carbons (Fsp3) is 0.231. The smallest absolute Gasteiger partial charge is 0.221 e. The van der Waals surface area contributed by atoms with E-state index in [9.17, 15) is 0 Å². The molecule has 1 aromatic heterocycles. The summed E-state index contributed by atoms with van der Waals surface area (Å²) >= 11 is 3.39. The lowest BCUT2D eigenvalue weighted by Gasteiger charge is -2.14. The third-order valence-corrected chi connectivity index (χ3v) is 3.29. The van der Waals surface area contributed by atoms with Crippen LogP contribution in [0.2, 0.25) is 0 Å². The van der Waals surface area contributed by atoms with E-state index in [1.807, 2.05) is 18.2 Å². The molecule has 2 aromatic rings. The second-order valence-electron chi connectivity index (χ2n) is 4.12. The molecular formula is C13H15BrN4. The highest BCUT2D eigenvalue weighted by Crippen LogP contribution is 2.21. The third kappa shape index (κ3) is 3.20. The normalized spacial score (nSPS) is 12.1. The predicted octanol–water partition coefficient (Wildman–Crippen LogP) is 3.04. The zero-order chi connectivity index (χ0) is 13.0. The number of anilines is 2. The van der Waals surface area contributed by atoms with Crippen molar-refractivity contribution in [3.63, 3.8) is 0 Å². The van der Waals surface area contributed by atoms with E-state index in [-0.39, 0.29) is 5.95 Å². The standard InChI is InChI=1S/C13H15BrN4/c1-9(10-5-3-2-4-6-10)7-16-12-11(14)8-17-13(15)18-12/h2-6,8-9H,7H2,1H3,(H3,15,16,17,18). The Morgan fingerprint density at radius 3 is 2.78 bits per heavy atom. The molecule has 1 atom stereocenters. The number of benzene rings is 1. The molecule has 2 rings (SSSR count). The van der Waals surface area contributed by atoms with Crippen LogP contribution in [-0.4, -0.2) is 16.5 Å². The molecule has 0 aliphatic carbocycles. The molecule has 1 unspecified atom stereocenters. The Morgan fingerprint density at radius 1 is 1.33 bits per heavy atom. The molecule has 0 spiro atoms. The number of halogens is 1. The molecule has 3 N–H and O–H groups in total. The van der Waals surface area contributed by atoms with E-state index in [0.717, 1.165) is 16.8 Å². The lowest BCUT2D eigenvalue weighted by molar-refractivity contribution is 0.800. The molecule has 0 fully saturated rings. The van der Waals surface area contributed by atoms with Crippen LogP contribution >= 0.6 is 15.9 Å². The lowest BCUT2D eigenvalue weighted by atomic mass is 10.0. The molecule has 1 heterocycles. The van der Waals surface area contributed by atoms with Gasteiger partial charge in [0.15, 0.2) is 0 Å². The second kappa shape index (κ2) is 5.82. The maximum atomic E-state index is 5.56. The summed E-state index contributed by atoms with van der Waals surface area (Å²) < 4.78 is 0.817. The van der Waals surface area contributed by atoms with Crippen molar-refractivity contribution in [3.05, 3.63) is 46.6 Å². The predicted molar refractivity (Wildman–Crippen MR) is 77.5 cm³/mol.